The third-order valence-electron chi connectivity index (χ3n) is 6.43. The zero-order valence-corrected chi connectivity index (χ0v) is 21.2. The van der Waals surface area contributed by atoms with Crippen molar-refractivity contribution in [2.45, 2.75) is 65.5 Å². The van der Waals surface area contributed by atoms with Crippen LogP contribution in [0.1, 0.15) is 52.5 Å². The molecule has 0 bridgehead atoms. The molecule has 2 N–H and O–H groups in total. The summed E-state index contributed by atoms with van der Waals surface area (Å²) in [5.41, 5.74) is 0.971. The Bertz CT molecular complexity index is 799. The molecule has 0 aliphatic carbocycles. The maximum absolute atomic E-state index is 12.3. The molecule has 2 rings (SSSR count). The topological polar surface area (TPSA) is 116 Å². The molecule has 0 saturated carbocycles. The second kappa shape index (κ2) is 13.4. The minimum absolute atomic E-state index is 0.130. The molecule has 0 unspecified atom stereocenters. The predicted octanol–water partition coefficient (Wildman–Crippen LogP) is 3.93. The molecule has 2 heterocycles. The van der Waals surface area contributed by atoms with Crippen molar-refractivity contribution in [1.29, 1.82) is 0 Å². The minimum atomic E-state index is -1.12. The summed E-state index contributed by atoms with van der Waals surface area (Å²) in [6.07, 6.45) is 2.67. The molecule has 34 heavy (non-hydrogen) atoms. The van der Waals surface area contributed by atoms with Crippen LogP contribution in [0.2, 0.25) is 0 Å². The van der Waals surface area contributed by atoms with Crippen molar-refractivity contribution in [2.24, 2.45) is 23.7 Å². The van der Waals surface area contributed by atoms with E-state index in [9.17, 15) is 14.7 Å². The number of pyridine rings is 1. The summed E-state index contributed by atoms with van der Waals surface area (Å²) in [6.45, 7) is 9.27. The van der Waals surface area contributed by atoms with Gasteiger partial charge in [-0.3, -0.25) is 4.79 Å². The van der Waals surface area contributed by atoms with E-state index in [1.165, 1.54) is 0 Å². The predicted molar refractivity (Wildman–Crippen MR) is 127 cm³/mol. The number of nitrogens with zero attached hydrogens (tertiary/aromatic N) is 1. The number of amides is 1. The molecule has 9 nitrogen and oxygen atoms in total. The molecule has 1 saturated heterocycles. The van der Waals surface area contributed by atoms with Gasteiger partial charge in [-0.25, -0.2) is 9.78 Å². The van der Waals surface area contributed by atoms with E-state index in [1.807, 2.05) is 19.9 Å². The zero-order chi connectivity index (χ0) is 25.3. The number of carbonyl (C=O) groups excluding carboxylic acids is 1. The number of nitrogens with one attached hydrogen (secondary N) is 1. The molecule has 0 spiro atoms. The summed E-state index contributed by atoms with van der Waals surface area (Å²) < 4.78 is 21.9. The fourth-order valence-corrected chi connectivity index (χ4v) is 4.33. The smallest absolute Gasteiger partial charge is 0.405 e. The average Bonchev–Trinajstić information content (AvgIpc) is 3.17. The number of rotatable bonds is 14. The van der Waals surface area contributed by atoms with E-state index in [2.05, 4.69) is 24.1 Å². The Morgan fingerprint density at radius 3 is 2.56 bits per heavy atom. The second-order valence-corrected chi connectivity index (χ2v) is 9.61. The quantitative estimate of drug-likeness (QED) is 0.304. The third-order valence-corrected chi connectivity index (χ3v) is 6.43. The van der Waals surface area contributed by atoms with Gasteiger partial charge in [0.15, 0.2) is 5.75 Å². The van der Waals surface area contributed by atoms with Crippen LogP contribution in [-0.2, 0) is 20.7 Å². The molecule has 1 aromatic heterocycles. The third kappa shape index (κ3) is 8.04. The van der Waals surface area contributed by atoms with Crippen molar-refractivity contribution in [3.05, 3.63) is 17.8 Å². The lowest BCUT2D eigenvalue weighted by Crippen LogP contribution is -2.44. The van der Waals surface area contributed by atoms with Crippen molar-refractivity contribution in [3.8, 4) is 11.6 Å². The number of methoxy groups -OCH3 is 2. The summed E-state index contributed by atoms with van der Waals surface area (Å²) in [5, 5.41) is 12.0. The maximum Gasteiger partial charge on any atom is 0.405 e. The second-order valence-electron chi connectivity index (χ2n) is 9.61. The summed E-state index contributed by atoms with van der Waals surface area (Å²) in [5.74, 6) is 1.09. The first kappa shape index (κ1) is 27.7. The zero-order valence-electron chi connectivity index (χ0n) is 21.2. The maximum atomic E-state index is 12.3. The Hall–Kier alpha value is -2.55. The molecule has 9 heteroatoms. The van der Waals surface area contributed by atoms with Gasteiger partial charge in [0.25, 0.3) is 5.88 Å². The van der Waals surface area contributed by atoms with Gasteiger partial charge in [0, 0.05) is 26.3 Å². The van der Waals surface area contributed by atoms with E-state index in [4.69, 9.17) is 18.9 Å². The number of aromatic nitrogens is 1. The van der Waals surface area contributed by atoms with E-state index in [0.717, 1.165) is 12.0 Å². The highest BCUT2D eigenvalue weighted by atomic mass is 16.6. The number of carbonyl (C=O) groups is 2. The molecule has 0 aromatic carbocycles. The Labute approximate surface area is 202 Å². The van der Waals surface area contributed by atoms with Crippen molar-refractivity contribution in [3.63, 3.8) is 0 Å². The monoisotopic (exact) mass is 480 g/mol. The molecule has 1 fully saturated rings. The van der Waals surface area contributed by atoms with Gasteiger partial charge in [-0.05, 0) is 48.6 Å². The van der Waals surface area contributed by atoms with Gasteiger partial charge < -0.3 is 29.4 Å². The normalized spacial score (nSPS) is 19.7. The summed E-state index contributed by atoms with van der Waals surface area (Å²) >= 11 is 0. The molecule has 4 atom stereocenters. The van der Waals surface area contributed by atoms with Crippen LogP contribution in [0.25, 0.3) is 0 Å². The number of carboxylic acid groups (broad SMARTS) is 1. The van der Waals surface area contributed by atoms with Crippen LogP contribution < -0.4 is 14.8 Å². The summed E-state index contributed by atoms with van der Waals surface area (Å²) in [6, 6.07) is 1.45. The van der Waals surface area contributed by atoms with Gasteiger partial charge in [0.2, 0.25) is 0 Å². The Balaban J connectivity index is 2.16. The van der Waals surface area contributed by atoms with E-state index < -0.39 is 18.2 Å². The van der Waals surface area contributed by atoms with E-state index >= 15 is 0 Å². The highest BCUT2D eigenvalue weighted by molar-refractivity contribution is 5.75. The first-order valence-electron chi connectivity index (χ1n) is 12.0. The number of cyclic esters (lactones) is 1. The van der Waals surface area contributed by atoms with Crippen molar-refractivity contribution in [2.75, 3.05) is 27.4 Å². The van der Waals surface area contributed by atoms with Crippen LogP contribution in [0.15, 0.2) is 12.3 Å². The minimum Gasteiger partial charge on any atom is -0.488 e. The fraction of sp³-hybridized carbons (Fsp3) is 0.720. The SMILES string of the molecule is COCCCOc1cc(C[C@@H](C[C@H](NC(=O)O)[C@@H]2C[C@@H](C(C)C)C(=O)O2)C(C)C)cnc1OC. The van der Waals surface area contributed by atoms with E-state index in [0.29, 0.717) is 44.1 Å². The molecule has 1 aliphatic rings. The largest absolute Gasteiger partial charge is 0.488 e. The number of hydrogen-bond acceptors (Lipinski definition) is 7. The highest BCUT2D eigenvalue weighted by Crippen LogP contribution is 2.34. The van der Waals surface area contributed by atoms with Gasteiger partial charge in [0.05, 0.1) is 25.7 Å². The van der Waals surface area contributed by atoms with Crippen LogP contribution in [0.3, 0.4) is 0 Å². The van der Waals surface area contributed by atoms with Crippen molar-refractivity contribution >= 4 is 12.1 Å². The molecule has 192 valence electrons. The molecule has 1 aromatic rings. The van der Waals surface area contributed by atoms with Gasteiger partial charge in [-0.15, -0.1) is 0 Å². The number of ether oxygens (including phenoxy) is 4. The Morgan fingerprint density at radius 1 is 1.26 bits per heavy atom. The first-order chi connectivity index (χ1) is 16.2. The molecular formula is C25H40N2O7. The van der Waals surface area contributed by atoms with E-state index in [-0.39, 0.29) is 29.6 Å². The molecule has 0 radical (unpaired) electrons. The van der Waals surface area contributed by atoms with Gasteiger partial charge in [-0.1, -0.05) is 27.7 Å². The summed E-state index contributed by atoms with van der Waals surface area (Å²) in [4.78, 5) is 28.2. The fourth-order valence-electron chi connectivity index (χ4n) is 4.33. The van der Waals surface area contributed by atoms with E-state index in [1.54, 1.807) is 20.4 Å². The highest BCUT2D eigenvalue weighted by Gasteiger charge is 2.41. The van der Waals surface area contributed by atoms with Crippen LogP contribution >= 0.6 is 0 Å². The number of hydrogen-bond donors (Lipinski definition) is 2. The Morgan fingerprint density at radius 2 is 2.00 bits per heavy atom. The lowest BCUT2D eigenvalue weighted by atomic mass is 9.82. The van der Waals surface area contributed by atoms with Gasteiger partial charge in [-0.2, -0.15) is 0 Å². The van der Waals surface area contributed by atoms with Crippen LogP contribution in [0, 0.1) is 23.7 Å². The lowest BCUT2D eigenvalue weighted by Gasteiger charge is -2.29. The van der Waals surface area contributed by atoms with Crippen LogP contribution in [0.5, 0.6) is 11.6 Å². The molecule has 1 aliphatic heterocycles. The Kier molecular flexibility index (Phi) is 10.9. The van der Waals surface area contributed by atoms with Crippen molar-refractivity contribution < 1.29 is 33.6 Å². The average molecular weight is 481 g/mol. The molecule has 1 amide bonds. The van der Waals surface area contributed by atoms with Gasteiger partial charge in [0.1, 0.15) is 6.10 Å². The summed E-state index contributed by atoms with van der Waals surface area (Å²) in [7, 11) is 3.20. The molecular weight excluding hydrogens is 440 g/mol. The van der Waals surface area contributed by atoms with Crippen LogP contribution in [-0.4, -0.2) is 61.7 Å². The first-order valence-corrected chi connectivity index (χ1v) is 12.0. The van der Waals surface area contributed by atoms with Crippen molar-refractivity contribution in [1.82, 2.24) is 10.3 Å². The number of esters is 1. The van der Waals surface area contributed by atoms with Crippen LogP contribution in [0.4, 0.5) is 4.79 Å². The standard InChI is InChI=1S/C25H40N2O7/c1-15(2)18(10-17-11-22(23(32-6)26-14-17)33-9-7-8-31-5)12-20(27-25(29)30)21-13-19(16(3)4)24(28)34-21/h11,14-16,18-21,27H,7-10,12-13H2,1-6H3,(H,29,30)/t18-,19-,20-,21-/m0/s1. The van der Waals surface area contributed by atoms with Gasteiger partial charge >= 0.3 is 12.1 Å². The lowest BCUT2D eigenvalue weighted by molar-refractivity contribution is -0.146.